The summed E-state index contributed by atoms with van der Waals surface area (Å²) in [6.07, 6.45) is 2.21. The lowest BCUT2D eigenvalue weighted by atomic mass is 9.81. The fourth-order valence-electron chi connectivity index (χ4n) is 5.56. The van der Waals surface area contributed by atoms with E-state index in [1.54, 1.807) is 17.0 Å². The first-order chi connectivity index (χ1) is 18.4. The maximum absolute atomic E-state index is 14.5. The van der Waals surface area contributed by atoms with Crippen LogP contribution in [0.5, 0.6) is 5.75 Å². The molecule has 1 aliphatic carbocycles. The molecule has 0 aromatic heterocycles. The molecule has 1 aliphatic heterocycles. The summed E-state index contributed by atoms with van der Waals surface area (Å²) >= 11 is 0. The minimum absolute atomic E-state index is 0.0291. The second-order valence-corrected chi connectivity index (χ2v) is 10.2. The molecule has 1 unspecified atom stereocenters. The normalized spacial score (nSPS) is 21.1. The van der Waals surface area contributed by atoms with E-state index in [4.69, 9.17) is 4.74 Å². The Morgan fingerprint density at radius 1 is 1.03 bits per heavy atom. The van der Waals surface area contributed by atoms with Gasteiger partial charge in [0.1, 0.15) is 17.6 Å². The number of hydrogen-bond acceptors (Lipinski definition) is 5. The topological polar surface area (TPSA) is 94.1 Å². The SMILES string of the molecule is CCOc1cccc(F)c1CN1CCN(C(=O)C(NC(=O)O)C2CCC(NCc3ccccc3)CC2)CC1. The summed E-state index contributed by atoms with van der Waals surface area (Å²) in [6.45, 7) is 5.65. The molecule has 1 saturated carbocycles. The first-order valence-electron chi connectivity index (χ1n) is 13.6. The molecule has 2 fully saturated rings. The fraction of sp³-hybridized carbons (Fsp3) is 0.517. The lowest BCUT2D eigenvalue weighted by Gasteiger charge is -2.39. The molecule has 9 heteroatoms. The summed E-state index contributed by atoms with van der Waals surface area (Å²) < 4.78 is 20.1. The Kier molecular flexibility index (Phi) is 9.95. The number of nitrogens with zero attached hydrogens (tertiary/aromatic N) is 2. The highest BCUT2D eigenvalue weighted by atomic mass is 19.1. The van der Waals surface area contributed by atoms with E-state index in [0.717, 1.165) is 32.2 Å². The molecule has 8 nitrogen and oxygen atoms in total. The Hall–Kier alpha value is -3.17. The number of piperazine rings is 1. The monoisotopic (exact) mass is 526 g/mol. The van der Waals surface area contributed by atoms with Crippen LogP contribution in [0, 0.1) is 11.7 Å². The first-order valence-corrected chi connectivity index (χ1v) is 13.6. The number of amides is 2. The van der Waals surface area contributed by atoms with Crippen molar-refractivity contribution in [3.8, 4) is 5.75 Å². The molecule has 2 aromatic carbocycles. The summed E-state index contributed by atoms with van der Waals surface area (Å²) in [7, 11) is 0. The van der Waals surface area contributed by atoms with E-state index in [0.29, 0.717) is 56.7 Å². The average molecular weight is 527 g/mol. The zero-order valence-corrected chi connectivity index (χ0v) is 22.1. The van der Waals surface area contributed by atoms with E-state index in [2.05, 4.69) is 27.7 Å². The van der Waals surface area contributed by atoms with E-state index >= 15 is 0 Å². The Labute approximate surface area is 224 Å². The van der Waals surface area contributed by atoms with Gasteiger partial charge in [0.25, 0.3) is 0 Å². The summed E-state index contributed by atoms with van der Waals surface area (Å²) in [5.41, 5.74) is 1.76. The number of ether oxygens (including phenoxy) is 1. The molecular formula is C29H39FN4O4. The number of halogens is 1. The lowest BCUT2D eigenvalue weighted by Crippen LogP contribution is -2.57. The zero-order chi connectivity index (χ0) is 26.9. The Balaban J connectivity index is 1.29. The molecule has 2 aliphatic rings. The van der Waals surface area contributed by atoms with Crippen molar-refractivity contribution in [3.05, 3.63) is 65.5 Å². The lowest BCUT2D eigenvalue weighted by molar-refractivity contribution is -0.137. The van der Waals surface area contributed by atoms with Crippen LogP contribution in [0.2, 0.25) is 0 Å². The largest absolute Gasteiger partial charge is 0.493 e. The van der Waals surface area contributed by atoms with Gasteiger partial charge < -0.3 is 25.4 Å². The summed E-state index contributed by atoms with van der Waals surface area (Å²) in [6, 6.07) is 14.7. The van der Waals surface area contributed by atoms with Gasteiger partial charge in [0, 0.05) is 50.9 Å². The Morgan fingerprint density at radius 3 is 2.39 bits per heavy atom. The molecule has 38 heavy (non-hydrogen) atoms. The second-order valence-electron chi connectivity index (χ2n) is 10.2. The van der Waals surface area contributed by atoms with Crippen molar-refractivity contribution in [2.45, 2.75) is 57.8 Å². The van der Waals surface area contributed by atoms with Crippen molar-refractivity contribution in [2.75, 3.05) is 32.8 Å². The van der Waals surface area contributed by atoms with E-state index in [1.165, 1.54) is 11.6 Å². The van der Waals surface area contributed by atoms with Gasteiger partial charge in [-0.3, -0.25) is 9.69 Å². The van der Waals surface area contributed by atoms with Crippen molar-refractivity contribution < 1.29 is 23.8 Å². The standard InChI is InChI=1S/C29H39FN4O4/c1-2-38-26-10-6-9-25(30)24(26)20-33-15-17-34(18-16-33)28(35)27(32-29(36)37)22-11-13-23(14-12-22)31-19-21-7-4-3-5-8-21/h3-10,22-23,27,31-32H,2,11-20H2,1H3,(H,36,37). The number of carbonyl (C=O) groups is 2. The molecule has 0 spiro atoms. The predicted molar refractivity (Wildman–Crippen MR) is 143 cm³/mol. The highest BCUT2D eigenvalue weighted by molar-refractivity contribution is 5.85. The van der Waals surface area contributed by atoms with Gasteiger partial charge in [0.05, 0.1) is 6.61 Å². The summed E-state index contributed by atoms with van der Waals surface area (Å²) in [4.78, 5) is 28.9. The van der Waals surface area contributed by atoms with Gasteiger partial charge in [0.2, 0.25) is 5.91 Å². The molecule has 4 rings (SSSR count). The molecular weight excluding hydrogens is 487 g/mol. The van der Waals surface area contributed by atoms with Crippen molar-refractivity contribution >= 4 is 12.0 Å². The Morgan fingerprint density at radius 2 is 1.74 bits per heavy atom. The molecule has 0 radical (unpaired) electrons. The predicted octanol–water partition coefficient (Wildman–Crippen LogP) is 3.85. The van der Waals surface area contributed by atoms with Crippen LogP contribution in [-0.4, -0.2) is 71.8 Å². The molecule has 3 N–H and O–H groups in total. The van der Waals surface area contributed by atoms with Gasteiger partial charge in [-0.25, -0.2) is 9.18 Å². The maximum atomic E-state index is 14.5. The van der Waals surface area contributed by atoms with Crippen molar-refractivity contribution in [2.24, 2.45) is 5.92 Å². The molecule has 1 saturated heterocycles. The second kappa shape index (κ2) is 13.6. The van der Waals surface area contributed by atoms with Gasteiger partial charge in [0.15, 0.2) is 0 Å². The quantitative estimate of drug-likeness (QED) is 0.436. The highest BCUT2D eigenvalue weighted by Crippen LogP contribution is 2.29. The fourth-order valence-corrected chi connectivity index (χ4v) is 5.56. The minimum atomic E-state index is -1.17. The number of benzene rings is 2. The van der Waals surface area contributed by atoms with Gasteiger partial charge >= 0.3 is 6.09 Å². The van der Waals surface area contributed by atoms with Gasteiger partial charge in [-0.15, -0.1) is 0 Å². The van der Waals surface area contributed by atoms with Gasteiger partial charge in [-0.2, -0.15) is 0 Å². The van der Waals surface area contributed by atoms with Gasteiger partial charge in [-0.05, 0) is 56.2 Å². The van der Waals surface area contributed by atoms with Crippen LogP contribution < -0.4 is 15.4 Å². The van der Waals surface area contributed by atoms with E-state index in [9.17, 15) is 19.1 Å². The summed E-state index contributed by atoms with van der Waals surface area (Å²) in [5, 5.41) is 15.6. The molecule has 1 heterocycles. The molecule has 1 atom stereocenters. The number of carbonyl (C=O) groups excluding carboxylic acids is 1. The number of carboxylic acid groups (broad SMARTS) is 1. The van der Waals surface area contributed by atoms with Crippen LogP contribution in [0.25, 0.3) is 0 Å². The number of nitrogens with one attached hydrogen (secondary N) is 2. The van der Waals surface area contributed by atoms with E-state index in [1.807, 2.05) is 25.1 Å². The van der Waals surface area contributed by atoms with E-state index < -0.39 is 12.1 Å². The summed E-state index contributed by atoms with van der Waals surface area (Å²) in [5.74, 6) is 0.0619. The van der Waals surface area contributed by atoms with Crippen molar-refractivity contribution in [1.82, 2.24) is 20.4 Å². The third-order valence-electron chi connectivity index (χ3n) is 7.67. The van der Waals surface area contributed by atoms with Crippen LogP contribution in [0.3, 0.4) is 0 Å². The highest BCUT2D eigenvalue weighted by Gasteiger charge is 2.36. The number of rotatable bonds is 10. The van der Waals surface area contributed by atoms with Crippen LogP contribution in [0.15, 0.2) is 48.5 Å². The number of hydrogen-bond donors (Lipinski definition) is 3. The van der Waals surface area contributed by atoms with Crippen LogP contribution >= 0.6 is 0 Å². The van der Waals surface area contributed by atoms with Crippen LogP contribution in [0.4, 0.5) is 9.18 Å². The molecule has 2 aromatic rings. The average Bonchev–Trinajstić information content (AvgIpc) is 2.93. The minimum Gasteiger partial charge on any atom is -0.493 e. The third-order valence-corrected chi connectivity index (χ3v) is 7.67. The smallest absolute Gasteiger partial charge is 0.405 e. The van der Waals surface area contributed by atoms with E-state index in [-0.39, 0.29) is 17.6 Å². The van der Waals surface area contributed by atoms with Gasteiger partial charge in [-0.1, -0.05) is 36.4 Å². The molecule has 0 bridgehead atoms. The maximum Gasteiger partial charge on any atom is 0.405 e. The van der Waals surface area contributed by atoms with Crippen LogP contribution in [-0.2, 0) is 17.9 Å². The third kappa shape index (κ3) is 7.45. The zero-order valence-electron chi connectivity index (χ0n) is 22.1. The molecule has 2 amide bonds. The van der Waals surface area contributed by atoms with Crippen molar-refractivity contribution in [1.29, 1.82) is 0 Å². The Bertz CT molecular complexity index is 1050. The molecule has 206 valence electrons. The first kappa shape index (κ1) is 27.9. The van der Waals surface area contributed by atoms with Crippen molar-refractivity contribution in [3.63, 3.8) is 0 Å². The van der Waals surface area contributed by atoms with Crippen LogP contribution in [0.1, 0.15) is 43.7 Å².